The minimum Gasteiger partial charge on any atom is -0.390 e. The van der Waals surface area contributed by atoms with Crippen LogP contribution in [0.25, 0.3) is 0 Å². The molecule has 0 saturated carbocycles. The molecule has 0 bridgehead atoms. The highest BCUT2D eigenvalue weighted by Gasteiger charge is 2.05. The fourth-order valence-electron chi connectivity index (χ4n) is 0.799. The summed E-state index contributed by atoms with van der Waals surface area (Å²) in [5.74, 6) is -0.317. The summed E-state index contributed by atoms with van der Waals surface area (Å²) in [6.07, 6.45) is -0.599. The number of hydrogen-bond donors (Lipinski definition) is 3. The SMILES string of the molecule is O=NCC(O)CNCCCS(=O)(=O)O. The van der Waals surface area contributed by atoms with Crippen LogP contribution in [-0.4, -0.2) is 49.6 Å². The molecular weight excluding hydrogens is 212 g/mol. The zero-order valence-electron chi connectivity index (χ0n) is 7.59. The van der Waals surface area contributed by atoms with Gasteiger partial charge in [0.15, 0.2) is 0 Å². The number of aliphatic hydroxyl groups excluding tert-OH is 1. The smallest absolute Gasteiger partial charge is 0.264 e. The van der Waals surface area contributed by atoms with Gasteiger partial charge in [0.2, 0.25) is 0 Å². The first-order chi connectivity index (χ1) is 6.45. The first-order valence-corrected chi connectivity index (χ1v) is 5.69. The third-order valence-corrected chi connectivity index (χ3v) is 2.23. The Morgan fingerprint density at radius 1 is 1.43 bits per heavy atom. The Balaban J connectivity index is 3.34. The van der Waals surface area contributed by atoms with Crippen molar-refractivity contribution in [2.24, 2.45) is 5.18 Å². The number of nitrogens with zero attached hydrogens (tertiary/aromatic N) is 1. The molecule has 84 valence electrons. The summed E-state index contributed by atoms with van der Waals surface area (Å²) in [6.45, 7) is 0.332. The van der Waals surface area contributed by atoms with Crippen molar-refractivity contribution in [3.05, 3.63) is 4.91 Å². The molecule has 0 fully saturated rings. The van der Waals surface area contributed by atoms with Crippen molar-refractivity contribution in [3.63, 3.8) is 0 Å². The Morgan fingerprint density at radius 2 is 2.07 bits per heavy atom. The van der Waals surface area contributed by atoms with Gasteiger partial charge in [0.05, 0.1) is 11.9 Å². The average molecular weight is 226 g/mol. The van der Waals surface area contributed by atoms with Gasteiger partial charge < -0.3 is 10.4 Å². The largest absolute Gasteiger partial charge is 0.390 e. The van der Waals surface area contributed by atoms with Crippen LogP contribution in [0.5, 0.6) is 0 Å². The first kappa shape index (κ1) is 13.4. The van der Waals surface area contributed by atoms with E-state index in [1.807, 2.05) is 0 Å². The van der Waals surface area contributed by atoms with Crippen molar-refractivity contribution < 1.29 is 18.1 Å². The van der Waals surface area contributed by atoms with Crippen molar-refractivity contribution in [2.45, 2.75) is 12.5 Å². The molecule has 0 spiro atoms. The number of aliphatic hydroxyl groups is 1. The van der Waals surface area contributed by atoms with E-state index >= 15 is 0 Å². The molecule has 1 unspecified atom stereocenters. The van der Waals surface area contributed by atoms with Crippen LogP contribution in [0.3, 0.4) is 0 Å². The van der Waals surface area contributed by atoms with Crippen LogP contribution in [0, 0.1) is 4.91 Å². The lowest BCUT2D eigenvalue weighted by molar-refractivity contribution is 0.180. The van der Waals surface area contributed by atoms with E-state index in [0.717, 1.165) is 0 Å². The number of hydrogen-bond acceptors (Lipinski definition) is 6. The molecule has 3 N–H and O–H groups in total. The summed E-state index contributed by atoms with van der Waals surface area (Å²) < 4.78 is 28.9. The maximum Gasteiger partial charge on any atom is 0.264 e. The molecule has 8 heteroatoms. The molecule has 7 nitrogen and oxygen atoms in total. The topological polar surface area (TPSA) is 116 Å². The van der Waals surface area contributed by atoms with E-state index in [9.17, 15) is 13.3 Å². The molecule has 1 atom stereocenters. The van der Waals surface area contributed by atoms with Crippen LogP contribution in [0.4, 0.5) is 0 Å². The lowest BCUT2D eigenvalue weighted by atomic mass is 10.3. The predicted molar refractivity (Wildman–Crippen MR) is 50.6 cm³/mol. The van der Waals surface area contributed by atoms with Gasteiger partial charge in [-0.15, -0.1) is 0 Å². The lowest BCUT2D eigenvalue weighted by Gasteiger charge is -2.07. The summed E-state index contributed by atoms with van der Waals surface area (Å²) in [6, 6.07) is 0. The quantitative estimate of drug-likeness (QED) is 0.277. The summed E-state index contributed by atoms with van der Waals surface area (Å²) in [4.78, 5) is 9.69. The Hall–Kier alpha value is -0.570. The Bertz CT molecular complexity index is 253. The first-order valence-electron chi connectivity index (χ1n) is 4.09. The normalized spacial score (nSPS) is 13.9. The fraction of sp³-hybridized carbons (Fsp3) is 1.00. The molecule has 0 saturated heterocycles. The van der Waals surface area contributed by atoms with Crippen LogP contribution < -0.4 is 5.32 Å². The van der Waals surface area contributed by atoms with Crippen LogP contribution in [0.15, 0.2) is 5.18 Å². The Kier molecular flexibility index (Phi) is 6.54. The zero-order valence-corrected chi connectivity index (χ0v) is 8.40. The highest BCUT2D eigenvalue weighted by molar-refractivity contribution is 7.85. The number of rotatable bonds is 8. The van der Waals surface area contributed by atoms with Crippen LogP contribution >= 0.6 is 0 Å². The van der Waals surface area contributed by atoms with E-state index in [2.05, 4.69) is 10.5 Å². The minimum atomic E-state index is -3.91. The van der Waals surface area contributed by atoms with Gasteiger partial charge in [-0.1, -0.05) is 5.18 Å². The van der Waals surface area contributed by atoms with Gasteiger partial charge >= 0.3 is 0 Å². The molecule has 0 aliphatic carbocycles. The summed E-state index contributed by atoms with van der Waals surface area (Å²) in [7, 11) is -3.91. The Labute approximate surface area is 82.2 Å². The number of nitrogens with one attached hydrogen (secondary N) is 1. The molecular formula is C6H14N2O5S. The maximum absolute atomic E-state index is 10.3. The molecule has 0 aliphatic heterocycles. The predicted octanol–water partition coefficient (Wildman–Crippen LogP) is -1.02. The summed E-state index contributed by atoms with van der Waals surface area (Å²) >= 11 is 0. The second-order valence-electron chi connectivity index (χ2n) is 2.81. The van der Waals surface area contributed by atoms with Gasteiger partial charge in [-0.05, 0) is 13.0 Å². The third-order valence-electron chi connectivity index (χ3n) is 1.42. The van der Waals surface area contributed by atoms with Crippen LogP contribution in [-0.2, 0) is 10.1 Å². The summed E-state index contributed by atoms with van der Waals surface area (Å²) in [5, 5.41) is 14.2. The van der Waals surface area contributed by atoms with Crippen LogP contribution in [0.2, 0.25) is 0 Å². The van der Waals surface area contributed by atoms with Gasteiger partial charge in [-0.3, -0.25) is 4.55 Å². The molecule has 0 aliphatic rings. The molecule has 0 amide bonds. The Morgan fingerprint density at radius 3 is 2.57 bits per heavy atom. The highest BCUT2D eigenvalue weighted by atomic mass is 32.2. The molecule has 0 aromatic heterocycles. The fourth-order valence-corrected chi connectivity index (χ4v) is 1.31. The summed E-state index contributed by atoms with van der Waals surface area (Å²) in [5.41, 5.74) is 0. The van der Waals surface area contributed by atoms with Gasteiger partial charge in [-0.25, -0.2) is 0 Å². The standard InChI is InChI=1S/C6H14N2O5S/c9-6(5-8-10)4-7-2-1-3-14(11,12)13/h6-7,9H,1-5H2,(H,11,12,13). The maximum atomic E-state index is 10.3. The second kappa shape index (κ2) is 6.82. The van der Waals surface area contributed by atoms with E-state index in [4.69, 9.17) is 9.66 Å². The molecule has 0 rings (SSSR count). The monoisotopic (exact) mass is 226 g/mol. The molecule has 0 radical (unpaired) electrons. The van der Waals surface area contributed by atoms with Crippen molar-refractivity contribution in [1.82, 2.24) is 5.32 Å². The van der Waals surface area contributed by atoms with E-state index < -0.39 is 16.2 Å². The molecule has 0 aromatic carbocycles. The van der Waals surface area contributed by atoms with Crippen molar-refractivity contribution >= 4 is 10.1 Å². The van der Waals surface area contributed by atoms with Gasteiger partial charge in [0.25, 0.3) is 10.1 Å². The average Bonchev–Trinajstić information content (AvgIpc) is 2.02. The zero-order chi connectivity index (χ0) is 11.0. The third kappa shape index (κ3) is 9.52. The van der Waals surface area contributed by atoms with Crippen LogP contribution in [0.1, 0.15) is 6.42 Å². The highest BCUT2D eigenvalue weighted by Crippen LogP contribution is 1.87. The molecule has 14 heavy (non-hydrogen) atoms. The van der Waals surface area contributed by atoms with E-state index in [1.165, 1.54) is 0 Å². The van der Waals surface area contributed by atoms with Gasteiger partial charge in [0, 0.05) is 6.54 Å². The molecule has 0 aromatic rings. The van der Waals surface area contributed by atoms with Crippen molar-refractivity contribution in [1.29, 1.82) is 0 Å². The van der Waals surface area contributed by atoms with E-state index in [-0.39, 0.29) is 25.3 Å². The van der Waals surface area contributed by atoms with Crippen molar-refractivity contribution in [2.75, 3.05) is 25.4 Å². The lowest BCUT2D eigenvalue weighted by Crippen LogP contribution is -2.30. The van der Waals surface area contributed by atoms with E-state index in [0.29, 0.717) is 6.54 Å². The van der Waals surface area contributed by atoms with E-state index in [1.54, 1.807) is 0 Å². The molecule has 0 heterocycles. The number of nitroso groups, excluding NO2 is 1. The second-order valence-corrected chi connectivity index (χ2v) is 4.38. The van der Waals surface area contributed by atoms with Crippen molar-refractivity contribution in [3.8, 4) is 0 Å². The minimum absolute atomic E-state index is 0.178. The van der Waals surface area contributed by atoms with Gasteiger partial charge in [-0.2, -0.15) is 13.3 Å². The van der Waals surface area contributed by atoms with Gasteiger partial charge in [0.1, 0.15) is 6.54 Å².